The van der Waals surface area contributed by atoms with Gasteiger partial charge >= 0.3 is 0 Å². The van der Waals surface area contributed by atoms with Crippen LogP contribution in [0.1, 0.15) is 15.9 Å². The van der Waals surface area contributed by atoms with E-state index in [-0.39, 0.29) is 11.3 Å². The first-order valence-corrected chi connectivity index (χ1v) is 6.05. The lowest BCUT2D eigenvalue weighted by Gasteiger charge is -2.08. The summed E-state index contributed by atoms with van der Waals surface area (Å²) < 4.78 is 0.744. The topological polar surface area (TPSA) is 86.0 Å². The molecule has 0 aliphatic rings. The van der Waals surface area contributed by atoms with E-state index in [2.05, 4.69) is 26.2 Å². The zero-order chi connectivity index (χ0) is 13.8. The molecule has 2 N–H and O–H groups in total. The van der Waals surface area contributed by atoms with E-state index in [1.807, 2.05) is 6.07 Å². The van der Waals surface area contributed by atoms with Crippen LogP contribution in [0, 0.1) is 11.3 Å². The molecule has 0 fully saturated rings. The number of carbonyl (C=O) groups excluding carboxylic acids is 1. The number of anilines is 1. The summed E-state index contributed by atoms with van der Waals surface area (Å²) in [5.41, 5.74) is 0.810. The normalized spacial score (nSPS) is 9.68. The molecule has 94 valence electrons. The van der Waals surface area contributed by atoms with Gasteiger partial charge in [0, 0.05) is 10.7 Å². The minimum Gasteiger partial charge on any atom is -0.505 e. The molecule has 0 bridgehead atoms. The molecule has 2 aromatic rings. The number of nitriles is 1. The highest BCUT2D eigenvalue weighted by Crippen LogP contribution is 2.22. The van der Waals surface area contributed by atoms with Crippen LogP contribution in [-0.4, -0.2) is 16.0 Å². The minimum absolute atomic E-state index is 0.0989. The van der Waals surface area contributed by atoms with E-state index in [1.165, 1.54) is 18.5 Å². The fourth-order valence-electron chi connectivity index (χ4n) is 1.49. The Bertz CT molecular complexity index is 680. The lowest BCUT2D eigenvalue weighted by atomic mass is 10.1. The van der Waals surface area contributed by atoms with Gasteiger partial charge in [-0.3, -0.25) is 9.78 Å². The summed E-state index contributed by atoms with van der Waals surface area (Å²) in [6.07, 6.45) is 2.59. The Morgan fingerprint density at radius 2 is 2.21 bits per heavy atom. The molecule has 0 aliphatic heterocycles. The van der Waals surface area contributed by atoms with Crippen LogP contribution in [0.25, 0.3) is 0 Å². The van der Waals surface area contributed by atoms with Crippen molar-refractivity contribution in [2.75, 3.05) is 5.32 Å². The van der Waals surface area contributed by atoms with Gasteiger partial charge in [-0.1, -0.05) is 15.9 Å². The van der Waals surface area contributed by atoms with Crippen molar-refractivity contribution in [3.05, 3.63) is 52.3 Å². The summed E-state index contributed by atoms with van der Waals surface area (Å²) in [6, 6.07) is 8.31. The number of nitrogens with one attached hydrogen (secondary N) is 1. The van der Waals surface area contributed by atoms with Crippen molar-refractivity contribution in [3.63, 3.8) is 0 Å². The van der Waals surface area contributed by atoms with Crippen molar-refractivity contribution >= 4 is 27.5 Å². The fourth-order valence-corrected chi connectivity index (χ4v) is 1.85. The highest BCUT2D eigenvalue weighted by Gasteiger charge is 2.13. The monoisotopic (exact) mass is 317 g/mol. The van der Waals surface area contributed by atoms with Gasteiger partial charge in [0.15, 0.2) is 0 Å². The van der Waals surface area contributed by atoms with Gasteiger partial charge in [-0.25, -0.2) is 0 Å². The molecular weight excluding hydrogens is 310 g/mol. The molecule has 1 heterocycles. The second-order valence-electron chi connectivity index (χ2n) is 3.65. The zero-order valence-corrected chi connectivity index (χ0v) is 11.2. The van der Waals surface area contributed by atoms with Crippen LogP contribution >= 0.6 is 15.9 Å². The Morgan fingerprint density at radius 1 is 1.42 bits per heavy atom. The molecule has 0 radical (unpaired) electrons. The average Bonchev–Trinajstić information content (AvgIpc) is 2.41. The Labute approximate surface area is 117 Å². The Kier molecular flexibility index (Phi) is 3.78. The number of benzene rings is 1. The smallest absolute Gasteiger partial charge is 0.259 e. The van der Waals surface area contributed by atoms with Crippen LogP contribution in [0.2, 0.25) is 0 Å². The SMILES string of the molecule is N#Cc1cc(Br)ccc1NC(=O)c1ccncc1O. The number of hydrogen-bond acceptors (Lipinski definition) is 4. The summed E-state index contributed by atoms with van der Waals surface area (Å²) in [7, 11) is 0. The number of amides is 1. The van der Waals surface area contributed by atoms with E-state index in [4.69, 9.17) is 5.26 Å². The van der Waals surface area contributed by atoms with Crippen molar-refractivity contribution in [1.29, 1.82) is 5.26 Å². The Hall–Kier alpha value is -2.39. The first-order chi connectivity index (χ1) is 9.11. The largest absolute Gasteiger partial charge is 0.505 e. The van der Waals surface area contributed by atoms with Crippen molar-refractivity contribution in [1.82, 2.24) is 4.98 Å². The maximum Gasteiger partial charge on any atom is 0.259 e. The van der Waals surface area contributed by atoms with Gasteiger partial charge in [-0.15, -0.1) is 0 Å². The summed E-state index contributed by atoms with van der Waals surface area (Å²) in [5.74, 6) is -0.714. The lowest BCUT2D eigenvalue weighted by Crippen LogP contribution is -2.13. The minimum atomic E-state index is -0.501. The molecule has 0 aliphatic carbocycles. The Balaban J connectivity index is 2.30. The van der Waals surface area contributed by atoms with Gasteiger partial charge in [0.25, 0.3) is 5.91 Å². The molecule has 6 heteroatoms. The molecule has 0 atom stereocenters. The van der Waals surface area contributed by atoms with E-state index in [0.717, 1.165) is 4.47 Å². The van der Waals surface area contributed by atoms with Crippen LogP contribution in [0.5, 0.6) is 5.75 Å². The van der Waals surface area contributed by atoms with Gasteiger partial charge in [0.05, 0.1) is 23.0 Å². The first-order valence-electron chi connectivity index (χ1n) is 5.26. The maximum atomic E-state index is 12.0. The number of aromatic nitrogens is 1. The zero-order valence-electron chi connectivity index (χ0n) is 9.59. The fraction of sp³-hybridized carbons (Fsp3) is 0. The quantitative estimate of drug-likeness (QED) is 0.891. The van der Waals surface area contributed by atoms with Gasteiger partial charge in [-0.05, 0) is 24.3 Å². The highest BCUT2D eigenvalue weighted by atomic mass is 79.9. The average molecular weight is 318 g/mol. The molecule has 1 amide bonds. The number of halogens is 1. The van der Waals surface area contributed by atoms with Crippen LogP contribution in [0.15, 0.2) is 41.1 Å². The van der Waals surface area contributed by atoms with Crippen molar-refractivity contribution < 1.29 is 9.90 Å². The second-order valence-corrected chi connectivity index (χ2v) is 4.56. The van der Waals surface area contributed by atoms with Crippen molar-refractivity contribution in [2.24, 2.45) is 0 Å². The van der Waals surface area contributed by atoms with Gasteiger partial charge < -0.3 is 10.4 Å². The highest BCUT2D eigenvalue weighted by molar-refractivity contribution is 9.10. The number of aromatic hydroxyl groups is 1. The summed E-state index contributed by atoms with van der Waals surface area (Å²) in [5, 5.41) is 21.1. The third-order valence-corrected chi connectivity index (χ3v) is 2.89. The van der Waals surface area contributed by atoms with E-state index in [0.29, 0.717) is 11.3 Å². The van der Waals surface area contributed by atoms with E-state index >= 15 is 0 Å². The molecule has 1 aromatic carbocycles. The van der Waals surface area contributed by atoms with Crippen molar-refractivity contribution in [3.8, 4) is 11.8 Å². The number of rotatable bonds is 2. The van der Waals surface area contributed by atoms with Crippen LogP contribution in [0.3, 0.4) is 0 Å². The van der Waals surface area contributed by atoms with Crippen LogP contribution < -0.4 is 5.32 Å². The summed E-state index contributed by atoms with van der Waals surface area (Å²) in [6.45, 7) is 0. The summed E-state index contributed by atoms with van der Waals surface area (Å²) in [4.78, 5) is 15.7. The number of carbonyl (C=O) groups is 1. The molecule has 1 aromatic heterocycles. The Morgan fingerprint density at radius 3 is 2.89 bits per heavy atom. The van der Waals surface area contributed by atoms with Crippen molar-refractivity contribution in [2.45, 2.75) is 0 Å². The van der Waals surface area contributed by atoms with Crippen LogP contribution in [0.4, 0.5) is 5.69 Å². The van der Waals surface area contributed by atoms with E-state index in [1.54, 1.807) is 18.2 Å². The number of pyridine rings is 1. The standard InChI is InChI=1S/C13H8BrN3O2/c14-9-1-2-11(8(5-9)6-15)17-13(19)10-3-4-16-7-12(10)18/h1-5,7,18H,(H,17,19). The van der Waals surface area contributed by atoms with Gasteiger partial charge in [0.1, 0.15) is 11.8 Å². The molecule has 0 saturated heterocycles. The molecule has 19 heavy (non-hydrogen) atoms. The third kappa shape index (κ3) is 2.89. The van der Waals surface area contributed by atoms with Gasteiger partial charge in [-0.2, -0.15) is 5.26 Å². The van der Waals surface area contributed by atoms with E-state index in [9.17, 15) is 9.90 Å². The predicted octanol–water partition coefficient (Wildman–Crippen LogP) is 2.67. The first kappa shape index (κ1) is 13.1. The molecule has 0 spiro atoms. The maximum absolute atomic E-state index is 12.0. The third-order valence-electron chi connectivity index (χ3n) is 2.39. The number of nitrogens with zero attached hydrogens (tertiary/aromatic N) is 2. The van der Waals surface area contributed by atoms with E-state index < -0.39 is 5.91 Å². The molecule has 0 unspecified atom stereocenters. The number of hydrogen-bond donors (Lipinski definition) is 2. The lowest BCUT2D eigenvalue weighted by molar-refractivity contribution is 0.102. The second kappa shape index (κ2) is 5.50. The van der Waals surface area contributed by atoms with Gasteiger partial charge in [0.2, 0.25) is 0 Å². The molecular formula is C13H8BrN3O2. The molecule has 5 nitrogen and oxygen atoms in total. The molecule has 2 rings (SSSR count). The van der Waals surface area contributed by atoms with Crippen LogP contribution in [-0.2, 0) is 0 Å². The predicted molar refractivity (Wildman–Crippen MR) is 72.7 cm³/mol. The summed E-state index contributed by atoms with van der Waals surface area (Å²) >= 11 is 3.25. The molecule has 0 saturated carbocycles.